The van der Waals surface area contributed by atoms with Crippen molar-refractivity contribution in [3.8, 4) is 0 Å². The first-order valence-corrected chi connectivity index (χ1v) is 6.16. The highest BCUT2D eigenvalue weighted by atomic mass is 16.5. The number of hydrogen-bond acceptors (Lipinski definition) is 4. The third-order valence-electron chi connectivity index (χ3n) is 3.58. The Kier molecular flexibility index (Phi) is 3.48. The highest BCUT2D eigenvalue weighted by molar-refractivity contribution is 6.01. The third kappa shape index (κ3) is 2.43. The maximum Gasteiger partial charge on any atom is 0.178 e. The molecule has 0 aromatic rings. The van der Waals surface area contributed by atoms with Gasteiger partial charge in [-0.2, -0.15) is 0 Å². The van der Waals surface area contributed by atoms with E-state index in [4.69, 9.17) is 0 Å². The van der Waals surface area contributed by atoms with Crippen molar-refractivity contribution in [2.45, 2.75) is 38.1 Å². The smallest absolute Gasteiger partial charge is 0.178 e. The van der Waals surface area contributed by atoms with Crippen molar-refractivity contribution < 1.29 is 14.8 Å². The molecule has 1 atom stereocenters. The molecule has 1 unspecified atom stereocenters. The molecule has 0 heterocycles. The Morgan fingerprint density at radius 2 is 1.89 bits per heavy atom. The summed E-state index contributed by atoms with van der Waals surface area (Å²) in [5.74, 6) is -0.00969. The predicted molar refractivity (Wildman–Crippen MR) is 66.9 cm³/mol. The van der Waals surface area contributed by atoms with Gasteiger partial charge in [0.25, 0.3) is 0 Å². The first-order chi connectivity index (χ1) is 8.52. The second-order valence-corrected chi connectivity index (χ2v) is 4.95. The van der Waals surface area contributed by atoms with Gasteiger partial charge in [-0.1, -0.05) is 6.42 Å². The van der Waals surface area contributed by atoms with Crippen LogP contribution < -0.4 is 0 Å². The molecule has 0 saturated heterocycles. The predicted octanol–water partition coefficient (Wildman–Crippen LogP) is 2.16. The summed E-state index contributed by atoms with van der Waals surface area (Å²) in [6, 6.07) is 0. The fourth-order valence-electron chi connectivity index (χ4n) is 2.24. The highest BCUT2D eigenvalue weighted by Gasteiger charge is 2.39. The van der Waals surface area contributed by atoms with Crippen molar-refractivity contribution in [2.24, 2.45) is 0 Å². The van der Waals surface area contributed by atoms with Crippen LogP contribution >= 0.6 is 0 Å². The van der Waals surface area contributed by atoms with E-state index in [1.54, 1.807) is 19.1 Å². The first-order valence-electron chi connectivity index (χ1n) is 6.16. The van der Waals surface area contributed by atoms with Crippen LogP contribution in [0.4, 0.5) is 0 Å². The molecule has 2 aliphatic rings. The summed E-state index contributed by atoms with van der Waals surface area (Å²) in [6.07, 6.45) is 10.6. The van der Waals surface area contributed by atoms with E-state index in [1.165, 1.54) is 18.4 Å². The lowest BCUT2D eigenvalue weighted by Gasteiger charge is -2.37. The molecule has 18 heavy (non-hydrogen) atoms. The largest absolute Gasteiger partial charge is 0.297 e. The van der Waals surface area contributed by atoms with Gasteiger partial charge in [-0.3, -0.25) is 19.9 Å². The van der Waals surface area contributed by atoms with Crippen molar-refractivity contribution in [1.29, 1.82) is 0 Å². The van der Waals surface area contributed by atoms with Gasteiger partial charge in [-0.05, 0) is 49.6 Å². The van der Waals surface area contributed by atoms with Crippen molar-refractivity contribution in [1.82, 2.24) is 5.06 Å². The van der Waals surface area contributed by atoms with Gasteiger partial charge in [0, 0.05) is 12.6 Å². The summed E-state index contributed by atoms with van der Waals surface area (Å²) in [6.45, 7) is 1.76. The Morgan fingerprint density at radius 3 is 2.50 bits per heavy atom. The standard InChI is InChI=1S/C14H17NO3/c1-14(9-3-2-4-13(14)17)15(18)10-11-5-7-12(16)8-6-11/h5-8,10,18H,2-4,9H2,1H3. The van der Waals surface area contributed by atoms with E-state index in [9.17, 15) is 14.8 Å². The lowest BCUT2D eigenvalue weighted by molar-refractivity contribution is -0.162. The number of hydroxylamine groups is 2. The zero-order chi connectivity index (χ0) is 13.2. The molecule has 4 nitrogen and oxygen atoms in total. The van der Waals surface area contributed by atoms with E-state index in [-0.39, 0.29) is 11.6 Å². The van der Waals surface area contributed by atoms with E-state index >= 15 is 0 Å². The lowest BCUT2D eigenvalue weighted by Crippen LogP contribution is -2.50. The van der Waals surface area contributed by atoms with Crippen LogP contribution in [0.2, 0.25) is 0 Å². The highest BCUT2D eigenvalue weighted by Crippen LogP contribution is 2.30. The molecular weight excluding hydrogens is 230 g/mol. The van der Waals surface area contributed by atoms with Gasteiger partial charge in [0.15, 0.2) is 11.6 Å². The number of nitrogens with zero attached hydrogens (tertiary/aromatic N) is 1. The molecule has 0 aliphatic heterocycles. The number of carbonyl (C=O) groups excluding carboxylic acids is 2. The van der Waals surface area contributed by atoms with Crippen LogP contribution in [0, 0.1) is 0 Å². The Hall–Kier alpha value is -1.68. The van der Waals surface area contributed by atoms with Crippen molar-refractivity contribution in [2.75, 3.05) is 0 Å². The van der Waals surface area contributed by atoms with Crippen LogP contribution in [0.15, 0.2) is 36.1 Å². The second kappa shape index (κ2) is 4.90. The fourth-order valence-corrected chi connectivity index (χ4v) is 2.24. The molecule has 0 aromatic heterocycles. The minimum atomic E-state index is -0.839. The number of ketones is 2. The summed E-state index contributed by atoms with van der Waals surface area (Å²) >= 11 is 0. The lowest BCUT2D eigenvalue weighted by atomic mass is 9.82. The Labute approximate surface area is 106 Å². The zero-order valence-corrected chi connectivity index (χ0v) is 10.4. The second-order valence-electron chi connectivity index (χ2n) is 4.95. The minimum absolute atomic E-state index is 0.0629. The summed E-state index contributed by atoms with van der Waals surface area (Å²) in [4.78, 5) is 22.9. The van der Waals surface area contributed by atoms with Crippen molar-refractivity contribution >= 4 is 11.6 Å². The van der Waals surface area contributed by atoms with Gasteiger partial charge >= 0.3 is 0 Å². The molecule has 1 N–H and O–H groups in total. The van der Waals surface area contributed by atoms with Crippen LogP contribution in [-0.2, 0) is 9.59 Å². The van der Waals surface area contributed by atoms with E-state index in [0.717, 1.165) is 17.9 Å². The zero-order valence-electron chi connectivity index (χ0n) is 10.4. The van der Waals surface area contributed by atoms with Crippen molar-refractivity contribution in [3.05, 3.63) is 36.1 Å². The molecule has 2 rings (SSSR count). The Morgan fingerprint density at radius 1 is 1.22 bits per heavy atom. The van der Waals surface area contributed by atoms with Gasteiger partial charge in [0.1, 0.15) is 5.54 Å². The maximum atomic E-state index is 11.9. The van der Waals surface area contributed by atoms with Gasteiger partial charge in [-0.15, -0.1) is 0 Å². The normalized spacial score (nSPS) is 27.6. The average Bonchev–Trinajstić information content (AvgIpc) is 2.36. The van der Waals surface area contributed by atoms with Crippen LogP contribution in [0.5, 0.6) is 0 Å². The van der Waals surface area contributed by atoms with E-state index < -0.39 is 5.54 Å². The van der Waals surface area contributed by atoms with Crippen LogP contribution in [0.3, 0.4) is 0 Å². The summed E-state index contributed by atoms with van der Waals surface area (Å²) < 4.78 is 0. The molecule has 0 spiro atoms. The van der Waals surface area contributed by atoms with Crippen LogP contribution in [0.25, 0.3) is 0 Å². The Bertz CT molecular complexity index is 444. The van der Waals surface area contributed by atoms with Crippen LogP contribution in [-0.4, -0.2) is 27.4 Å². The first kappa shape index (κ1) is 12.8. The number of hydrogen-bond donors (Lipinski definition) is 1. The number of carbonyl (C=O) groups is 2. The molecular formula is C14H17NO3. The van der Waals surface area contributed by atoms with Gasteiger partial charge in [0.05, 0.1) is 0 Å². The monoisotopic (exact) mass is 247 g/mol. The number of allylic oxidation sites excluding steroid dienone is 5. The Balaban J connectivity index is 2.16. The third-order valence-corrected chi connectivity index (χ3v) is 3.58. The SMILES string of the molecule is CC1(N(O)C=C2C=CC(=O)C=C2)CCCCC1=O. The summed E-state index contributed by atoms with van der Waals surface area (Å²) in [5, 5.41) is 11.1. The quantitative estimate of drug-likeness (QED) is 0.760. The molecule has 0 radical (unpaired) electrons. The molecule has 0 bridgehead atoms. The van der Waals surface area contributed by atoms with Gasteiger partial charge < -0.3 is 0 Å². The van der Waals surface area contributed by atoms with Gasteiger partial charge in [-0.25, -0.2) is 0 Å². The van der Waals surface area contributed by atoms with E-state index in [1.807, 2.05) is 0 Å². The molecule has 96 valence electrons. The molecule has 0 amide bonds. The van der Waals surface area contributed by atoms with Gasteiger partial charge in [0.2, 0.25) is 0 Å². The molecule has 0 aromatic carbocycles. The molecule has 1 saturated carbocycles. The molecule has 2 aliphatic carbocycles. The van der Waals surface area contributed by atoms with E-state index in [0.29, 0.717) is 18.4 Å². The molecule has 1 fully saturated rings. The summed E-state index contributed by atoms with van der Waals surface area (Å²) in [7, 11) is 0. The summed E-state index contributed by atoms with van der Waals surface area (Å²) in [5.41, 5.74) is -0.134. The average molecular weight is 247 g/mol. The fraction of sp³-hybridized carbons (Fsp3) is 0.429. The number of rotatable bonds is 2. The minimum Gasteiger partial charge on any atom is -0.297 e. The topological polar surface area (TPSA) is 57.6 Å². The van der Waals surface area contributed by atoms with Crippen molar-refractivity contribution in [3.63, 3.8) is 0 Å². The molecule has 4 heteroatoms. The van der Waals surface area contributed by atoms with Crippen LogP contribution in [0.1, 0.15) is 32.6 Å². The van der Waals surface area contributed by atoms with E-state index in [2.05, 4.69) is 0 Å². The maximum absolute atomic E-state index is 11.9. The number of Topliss-reactive ketones (excluding diaryl/α,β-unsaturated/α-hetero) is 1.